The maximum atomic E-state index is 12.9. The van der Waals surface area contributed by atoms with Gasteiger partial charge in [0.05, 0.1) is 5.84 Å². The lowest BCUT2D eigenvalue weighted by Crippen LogP contribution is -2.45. The lowest BCUT2D eigenvalue weighted by molar-refractivity contribution is -0.123. The van der Waals surface area contributed by atoms with Gasteiger partial charge in [0.25, 0.3) is 0 Å². The third-order valence-electron chi connectivity index (χ3n) is 6.35. The quantitative estimate of drug-likeness (QED) is 0.318. The number of ether oxygens (including phenoxy) is 1. The summed E-state index contributed by atoms with van der Waals surface area (Å²) in [5, 5.41) is 2.30. The molecule has 3 rings (SSSR count). The first-order valence-electron chi connectivity index (χ1n) is 12.5. The van der Waals surface area contributed by atoms with E-state index in [2.05, 4.69) is 25.1 Å². The highest BCUT2D eigenvalue weighted by Crippen LogP contribution is 2.34. The second kappa shape index (κ2) is 13.2. The second-order valence-corrected chi connectivity index (χ2v) is 8.80. The fourth-order valence-electron chi connectivity index (χ4n) is 4.48. The summed E-state index contributed by atoms with van der Waals surface area (Å²) in [4.78, 5) is 17.8. The number of nitrogens with zero attached hydrogens (tertiary/aromatic N) is 1. The molecule has 0 saturated heterocycles. The van der Waals surface area contributed by atoms with Gasteiger partial charge in [0.2, 0.25) is 0 Å². The molecule has 1 unspecified atom stereocenters. The summed E-state index contributed by atoms with van der Waals surface area (Å²) in [5.74, 6) is 1.90. The van der Waals surface area contributed by atoms with Gasteiger partial charge >= 0.3 is 0 Å². The van der Waals surface area contributed by atoms with E-state index in [9.17, 15) is 4.79 Å². The van der Waals surface area contributed by atoms with E-state index in [1.165, 1.54) is 24.6 Å². The van der Waals surface area contributed by atoms with Crippen molar-refractivity contribution >= 4 is 22.4 Å². The number of nitrogens with two attached hydrogens (primary N) is 1. The third-order valence-corrected chi connectivity index (χ3v) is 6.35. The minimum Gasteiger partial charge on any atom is -0.491 e. The third kappa shape index (κ3) is 7.36. The van der Waals surface area contributed by atoms with Crippen LogP contribution in [0.2, 0.25) is 0 Å². The Morgan fingerprint density at radius 1 is 1.09 bits per heavy atom. The number of hydrogen-bond donors (Lipinski definition) is 1. The van der Waals surface area contributed by atoms with Gasteiger partial charge in [-0.15, -0.1) is 0 Å². The molecule has 0 aliphatic heterocycles. The van der Waals surface area contributed by atoms with Gasteiger partial charge in [-0.1, -0.05) is 89.6 Å². The number of rotatable bonds is 10. The average Bonchev–Trinajstić information content (AvgIpc) is 2.83. The van der Waals surface area contributed by atoms with Crippen LogP contribution >= 0.6 is 0 Å². The molecule has 1 aliphatic carbocycles. The van der Waals surface area contributed by atoms with Crippen LogP contribution in [0.4, 0.5) is 0 Å². The largest absolute Gasteiger partial charge is 0.491 e. The van der Waals surface area contributed by atoms with Crippen LogP contribution in [0.1, 0.15) is 85.5 Å². The minimum atomic E-state index is -0.897. The number of Topliss-reactive ketones (excluding diaryl/α,β-unsaturated/α-hetero) is 1. The molecule has 2 aromatic rings. The molecule has 4 nitrogen and oxygen atoms in total. The molecule has 2 aromatic carbocycles. The first kappa shape index (κ1) is 25.9. The van der Waals surface area contributed by atoms with E-state index in [-0.39, 0.29) is 12.4 Å². The number of aliphatic imine (C=N–C) groups is 1. The van der Waals surface area contributed by atoms with Gasteiger partial charge < -0.3 is 10.5 Å². The summed E-state index contributed by atoms with van der Waals surface area (Å²) in [6, 6.07) is 14.3. The standard InChI is InChI=1S/C26H36N2O2.C2H6/c1-3-4-14-25(27)28-26(20(2)29,18-21-10-6-5-7-11-21)19-30-24-16-15-22-12-8-9-13-23(22)17-24;1-2/h8-9,12-13,15-17,21H,3-7,10-11,14,18-19H2,1-2H3,(H2,27,28);1-2H3. The number of fused-ring (bicyclic) bond motifs is 1. The number of amidine groups is 1. The summed E-state index contributed by atoms with van der Waals surface area (Å²) >= 11 is 0. The van der Waals surface area contributed by atoms with Gasteiger partial charge in [-0.05, 0) is 48.6 Å². The number of benzene rings is 2. The Labute approximate surface area is 194 Å². The van der Waals surface area contributed by atoms with Crippen LogP contribution < -0.4 is 10.5 Å². The van der Waals surface area contributed by atoms with E-state index >= 15 is 0 Å². The number of carbonyl (C=O) groups excluding carboxylic acids is 1. The maximum Gasteiger partial charge on any atom is 0.160 e. The van der Waals surface area contributed by atoms with Crippen molar-refractivity contribution in [3.63, 3.8) is 0 Å². The van der Waals surface area contributed by atoms with Crippen molar-refractivity contribution in [3.05, 3.63) is 42.5 Å². The molecule has 1 atom stereocenters. The lowest BCUT2D eigenvalue weighted by Gasteiger charge is -2.33. The molecule has 0 heterocycles. The maximum absolute atomic E-state index is 12.9. The van der Waals surface area contributed by atoms with Gasteiger partial charge in [0, 0.05) is 6.42 Å². The molecule has 0 amide bonds. The number of ketones is 1. The van der Waals surface area contributed by atoms with Crippen LogP contribution in [-0.2, 0) is 4.79 Å². The summed E-state index contributed by atoms with van der Waals surface area (Å²) in [6.45, 7) is 8.02. The van der Waals surface area contributed by atoms with Crippen LogP contribution in [0, 0.1) is 5.92 Å². The smallest absolute Gasteiger partial charge is 0.160 e. The van der Waals surface area contributed by atoms with Crippen molar-refractivity contribution < 1.29 is 9.53 Å². The van der Waals surface area contributed by atoms with Crippen molar-refractivity contribution in [2.24, 2.45) is 16.6 Å². The van der Waals surface area contributed by atoms with Crippen LogP contribution in [0.5, 0.6) is 5.75 Å². The zero-order chi connectivity index (χ0) is 23.4. The zero-order valence-electron chi connectivity index (χ0n) is 20.5. The second-order valence-electron chi connectivity index (χ2n) is 8.80. The Morgan fingerprint density at radius 3 is 2.44 bits per heavy atom. The summed E-state index contributed by atoms with van der Waals surface area (Å²) < 4.78 is 6.20. The first-order chi connectivity index (χ1) is 15.5. The van der Waals surface area contributed by atoms with Crippen LogP contribution in [-0.4, -0.2) is 23.8 Å². The first-order valence-corrected chi connectivity index (χ1v) is 12.5. The SMILES string of the molecule is CC.CCCCC(N)=NC(COc1ccc2ccccc2c1)(CC1CCCCC1)C(C)=O. The van der Waals surface area contributed by atoms with E-state index < -0.39 is 5.54 Å². The molecule has 32 heavy (non-hydrogen) atoms. The van der Waals surface area contributed by atoms with E-state index in [1.54, 1.807) is 6.92 Å². The fraction of sp³-hybridized carbons (Fsp3) is 0.571. The normalized spacial score (nSPS) is 16.7. The molecular formula is C28H42N2O2. The molecular weight excluding hydrogens is 396 g/mol. The Kier molecular flexibility index (Phi) is 10.7. The van der Waals surface area contributed by atoms with Gasteiger partial charge in [-0.2, -0.15) is 0 Å². The van der Waals surface area contributed by atoms with Crippen molar-refractivity contribution in [1.82, 2.24) is 0 Å². The fourth-order valence-corrected chi connectivity index (χ4v) is 4.48. The lowest BCUT2D eigenvalue weighted by atomic mass is 9.78. The van der Waals surface area contributed by atoms with Crippen molar-refractivity contribution in [3.8, 4) is 5.75 Å². The van der Waals surface area contributed by atoms with Gasteiger partial charge in [-0.3, -0.25) is 9.79 Å². The van der Waals surface area contributed by atoms with Crippen molar-refractivity contribution in [1.29, 1.82) is 0 Å². The predicted octanol–water partition coefficient (Wildman–Crippen LogP) is 7.09. The van der Waals surface area contributed by atoms with Gasteiger partial charge in [0.15, 0.2) is 11.3 Å². The van der Waals surface area contributed by atoms with E-state index in [1.807, 2.05) is 38.1 Å². The van der Waals surface area contributed by atoms with Crippen molar-refractivity contribution in [2.45, 2.75) is 91.0 Å². The summed E-state index contributed by atoms with van der Waals surface area (Å²) in [7, 11) is 0. The Hall–Kier alpha value is -2.36. The molecule has 2 N–H and O–H groups in total. The summed E-state index contributed by atoms with van der Waals surface area (Å²) in [5.41, 5.74) is 5.38. The Morgan fingerprint density at radius 2 is 1.78 bits per heavy atom. The highest BCUT2D eigenvalue weighted by molar-refractivity contribution is 5.91. The van der Waals surface area contributed by atoms with E-state index in [4.69, 9.17) is 15.5 Å². The molecule has 1 aliphatic rings. The molecule has 0 radical (unpaired) electrons. The highest BCUT2D eigenvalue weighted by atomic mass is 16.5. The van der Waals surface area contributed by atoms with Gasteiger partial charge in [0.1, 0.15) is 12.4 Å². The number of hydrogen-bond acceptors (Lipinski definition) is 3. The molecule has 176 valence electrons. The minimum absolute atomic E-state index is 0.0494. The highest BCUT2D eigenvalue weighted by Gasteiger charge is 2.39. The van der Waals surface area contributed by atoms with E-state index in [0.717, 1.165) is 49.7 Å². The molecule has 1 fully saturated rings. The molecule has 0 aromatic heterocycles. The van der Waals surface area contributed by atoms with Crippen molar-refractivity contribution in [2.75, 3.05) is 6.61 Å². The molecule has 4 heteroatoms. The van der Waals surface area contributed by atoms with Gasteiger partial charge in [-0.25, -0.2) is 0 Å². The average molecular weight is 439 g/mol. The molecule has 0 spiro atoms. The van der Waals surface area contributed by atoms with Crippen LogP contribution in [0.15, 0.2) is 47.5 Å². The number of carbonyl (C=O) groups is 1. The molecule has 1 saturated carbocycles. The van der Waals surface area contributed by atoms with E-state index in [0.29, 0.717) is 11.8 Å². The molecule has 0 bridgehead atoms. The predicted molar refractivity (Wildman–Crippen MR) is 137 cm³/mol. The topological polar surface area (TPSA) is 64.7 Å². The Balaban J connectivity index is 0.00000176. The monoisotopic (exact) mass is 438 g/mol. The summed E-state index contributed by atoms with van der Waals surface area (Å²) in [6.07, 6.45) is 9.58. The van der Waals surface area contributed by atoms with Crippen LogP contribution in [0.25, 0.3) is 10.8 Å². The zero-order valence-corrected chi connectivity index (χ0v) is 20.5. The van der Waals surface area contributed by atoms with Crippen LogP contribution in [0.3, 0.4) is 0 Å². The number of unbranched alkanes of at least 4 members (excludes halogenated alkanes) is 1. The Bertz CT molecular complexity index is 871.